The lowest BCUT2D eigenvalue weighted by atomic mass is 10.2. The number of rotatable bonds is 6. The summed E-state index contributed by atoms with van der Waals surface area (Å²) in [6.45, 7) is 0.485. The number of nitrogens with two attached hydrogens (primary N) is 1. The fourth-order valence-electron chi connectivity index (χ4n) is 2.04. The van der Waals surface area contributed by atoms with E-state index in [4.69, 9.17) is 28.9 Å². The number of hydrogen-bond acceptors (Lipinski definition) is 3. The minimum Gasteiger partial charge on any atom is -0.351 e. The van der Waals surface area contributed by atoms with E-state index in [0.717, 1.165) is 0 Å². The molecule has 26 heavy (non-hydrogen) atoms. The second kappa shape index (κ2) is 9.07. The molecule has 0 spiro atoms. The first-order valence-corrected chi connectivity index (χ1v) is 8.30. The molecule has 0 aliphatic heterocycles. The molecule has 0 atom stereocenters. The zero-order valence-corrected chi connectivity index (χ0v) is 15.0. The molecular weight excluding hydrogens is 379 g/mol. The van der Waals surface area contributed by atoms with Crippen molar-refractivity contribution in [3.63, 3.8) is 0 Å². The van der Waals surface area contributed by atoms with Gasteiger partial charge in [-0.05, 0) is 42.5 Å². The van der Waals surface area contributed by atoms with Crippen molar-refractivity contribution in [1.82, 2.24) is 10.6 Å². The van der Waals surface area contributed by atoms with Crippen molar-refractivity contribution in [1.29, 1.82) is 0 Å². The maximum Gasteiger partial charge on any atom is 0.316 e. The Morgan fingerprint density at radius 1 is 0.808 bits per heavy atom. The molecule has 0 unspecified atom stereocenters. The third-order valence-electron chi connectivity index (χ3n) is 3.29. The van der Waals surface area contributed by atoms with Gasteiger partial charge in [-0.3, -0.25) is 9.59 Å². The van der Waals surface area contributed by atoms with Crippen LogP contribution in [-0.4, -0.2) is 30.9 Å². The molecule has 0 saturated heterocycles. The zero-order valence-electron chi connectivity index (χ0n) is 13.5. The Morgan fingerprint density at radius 3 is 1.88 bits per heavy atom. The first-order valence-electron chi connectivity index (χ1n) is 7.55. The summed E-state index contributed by atoms with van der Waals surface area (Å²) in [6.07, 6.45) is 0. The molecule has 9 heteroatoms. The smallest absolute Gasteiger partial charge is 0.316 e. The topological polar surface area (TPSA) is 113 Å². The lowest BCUT2D eigenvalue weighted by Gasteiger charge is -2.08. The summed E-state index contributed by atoms with van der Waals surface area (Å²) in [5.41, 5.74) is 6.29. The predicted molar refractivity (Wildman–Crippen MR) is 101 cm³/mol. The molecular formula is C17H16Cl2N4O3. The first kappa shape index (κ1) is 19.6. The summed E-state index contributed by atoms with van der Waals surface area (Å²) in [7, 11) is 0. The van der Waals surface area contributed by atoms with Crippen LogP contribution in [0.1, 0.15) is 20.7 Å². The van der Waals surface area contributed by atoms with Crippen molar-refractivity contribution in [2.45, 2.75) is 0 Å². The number of benzene rings is 2. The summed E-state index contributed by atoms with van der Waals surface area (Å²) in [5, 5.41) is 8.40. The van der Waals surface area contributed by atoms with E-state index in [-0.39, 0.29) is 24.9 Å². The summed E-state index contributed by atoms with van der Waals surface area (Å²) in [5.74, 6) is -0.626. The number of hydrogen-bond donors (Lipinski definition) is 4. The van der Waals surface area contributed by atoms with Gasteiger partial charge in [0.15, 0.2) is 0 Å². The minimum absolute atomic E-state index is 0.242. The third-order valence-corrected chi connectivity index (χ3v) is 4.03. The quantitative estimate of drug-likeness (QED) is 0.564. The van der Waals surface area contributed by atoms with E-state index in [1.807, 2.05) is 0 Å². The minimum atomic E-state index is -0.681. The van der Waals surface area contributed by atoms with Crippen molar-refractivity contribution in [3.05, 3.63) is 63.6 Å². The molecule has 7 nitrogen and oxygen atoms in total. The predicted octanol–water partition coefficient (Wildman–Crippen LogP) is 2.64. The molecule has 0 fully saturated rings. The molecule has 0 saturated carbocycles. The van der Waals surface area contributed by atoms with Gasteiger partial charge < -0.3 is 21.7 Å². The Bertz CT molecular complexity index is 825. The van der Waals surface area contributed by atoms with Crippen LogP contribution in [0.5, 0.6) is 0 Å². The number of carbonyl (C=O) groups excluding carboxylic acids is 3. The fraction of sp³-hybridized carbons (Fsp3) is 0.118. The number of halogens is 2. The summed E-state index contributed by atoms with van der Waals surface area (Å²) in [6, 6.07) is 10.1. The van der Waals surface area contributed by atoms with Gasteiger partial charge in [0.05, 0.1) is 10.0 Å². The van der Waals surface area contributed by atoms with Gasteiger partial charge in [-0.2, -0.15) is 0 Å². The van der Waals surface area contributed by atoms with Crippen molar-refractivity contribution < 1.29 is 14.4 Å². The highest BCUT2D eigenvalue weighted by Crippen LogP contribution is 2.22. The Balaban J connectivity index is 1.78. The van der Waals surface area contributed by atoms with E-state index in [9.17, 15) is 14.4 Å². The number of nitrogens with one attached hydrogen (secondary N) is 3. The molecule has 0 aliphatic rings. The Kier molecular flexibility index (Phi) is 6.82. The lowest BCUT2D eigenvalue weighted by Crippen LogP contribution is -2.34. The average Bonchev–Trinajstić information content (AvgIpc) is 2.60. The Morgan fingerprint density at radius 2 is 1.35 bits per heavy atom. The van der Waals surface area contributed by atoms with E-state index < -0.39 is 6.03 Å². The van der Waals surface area contributed by atoms with Gasteiger partial charge in [0, 0.05) is 29.9 Å². The molecule has 0 heterocycles. The van der Waals surface area contributed by atoms with Crippen molar-refractivity contribution in [2.75, 3.05) is 18.4 Å². The number of primary amides is 1. The first-order chi connectivity index (χ1) is 12.4. The van der Waals surface area contributed by atoms with Gasteiger partial charge in [-0.15, -0.1) is 0 Å². The molecule has 4 amide bonds. The van der Waals surface area contributed by atoms with Gasteiger partial charge in [-0.25, -0.2) is 4.79 Å². The number of amides is 4. The zero-order chi connectivity index (χ0) is 19.1. The van der Waals surface area contributed by atoms with Crippen LogP contribution >= 0.6 is 23.2 Å². The standard InChI is InChI=1S/C17H16Cl2N4O3/c18-13-6-3-11(9-14(13)19)16(25)22-8-7-21-15(24)10-1-4-12(5-2-10)23-17(20)26/h1-6,9H,7-8H2,(H,21,24)(H,22,25)(H3,20,23,26). The van der Waals surface area contributed by atoms with E-state index in [2.05, 4.69) is 16.0 Å². The van der Waals surface area contributed by atoms with Crippen LogP contribution in [0.3, 0.4) is 0 Å². The second-order valence-electron chi connectivity index (χ2n) is 5.21. The maximum atomic E-state index is 12.0. The van der Waals surface area contributed by atoms with Crippen LogP contribution in [-0.2, 0) is 0 Å². The second-order valence-corrected chi connectivity index (χ2v) is 6.02. The van der Waals surface area contributed by atoms with Crippen LogP contribution in [0.25, 0.3) is 0 Å². The van der Waals surface area contributed by atoms with Crippen molar-refractivity contribution >= 4 is 46.7 Å². The van der Waals surface area contributed by atoms with E-state index in [0.29, 0.717) is 26.9 Å². The van der Waals surface area contributed by atoms with Gasteiger partial charge in [0.25, 0.3) is 11.8 Å². The maximum absolute atomic E-state index is 12.0. The van der Waals surface area contributed by atoms with Crippen molar-refractivity contribution in [3.8, 4) is 0 Å². The highest BCUT2D eigenvalue weighted by Gasteiger charge is 2.09. The molecule has 0 aliphatic carbocycles. The molecule has 2 rings (SSSR count). The molecule has 0 aromatic heterocycles. The average molecular weight is 395 g/mol. The monoisotopic (exact) mass is 394 g/mol. The molecule has 2 aromatic carbocycles. The molecule has 136 valence electrons. The SMILES string of the molecule is NC(=O)Nc1ccc(C(=O)NCCNC(=O)c2ccc(Cl)c(Cl)c2)cc1. The normalized spacial score (nSPS) is 10.1. The summed E-state index contributed by atoms with van der Waals surface area (Å²) < 4.78 is 0. The van der Waals surface area contributed by atoms with Gasteiger partial charge in [0.2, 0.25) is 0 Å². The number of urea groups is 1. The highest BCUT2D eigenvalue weighted by atomic mass is 35.5. The van der Waals surface area contributed by atoms with E-state index in [1.165, 1.54) is 12.1 Å². The Hall–Kier alpha value is -2.77. The van der Waals surface area contributed by atoms with Crippen LogP contribution < -0.4 is 21.7 Å². The summed E-state index contributed by atoms with van der Waals surface area (Å²) in [4.78, 5) is 34.7. The molecule has 2 aromatic rings. The highest BCUT2D eigenvalue weighted by molar-refractivity contribution is 6.42. The summed E-state index contributed by atoms with van der Waals surface area (Å²) >= 11 is 11.7. The van der Waals surface area contributed by atoms with E-state index in [1.54, 1.807) is 30.3 Å². The number of carbonyl (C=O) groups is 3. The van der Waals surface area contributed by atoms with Crippen molar-refractivity contribution in [2.24, 2.45) is 5.73 Å². The fourth-order valence-corrected chi connectivity index (χ4v) is 2.34. The Labute approximate surface area is 159 Å². The van der Waals surface area contributed by atoms with Crippen LogP contribution in [0.4, 0.5) is 10.5 Å². The largest absolute Gasteiger partial charge is 0.351 e. The van der Waals surface area contributed by atoms with E-state index >= 15 is 0 Å². The van der Waals surface area contributed by atoms with Crippen LogP contribution in [0.2, 0.25) is 10.0 Å². The number of anilines is 1. The van der Waals surface area contributed by atoms with Gasteiger partial charge in [-0.1, -0.05) is 23.2 Å². The van der Waals surface area contributed by atoms with Crippen LogP contribution in [0, 0.1) is 0 Å². The lowest BCUT2D eigenvalue weighted by molar-refractivity contribution is 0.0927. The van der Waals surface area contributed by atoms with Gasteiger partial charge in [0.1, 0.15) is 0 Å². The molecule has 0 bridgehead atoms. The molecule has 5 N–H and O–H groups in total. The third kappa shape index (κ3) is 5.65. The molecule has 0 radical (unpaired) electrons. The van der Waals surface area contributed by atoms with Gasteiger partial charge >= 0.3 is 6.03 Å². The van der Waals surface area contributed by atoms with Crippen LogP contribution in [0.15, 0.2) is 42.5 Å².